The van der Waals surface area contributed by atoms with E-state index in [4.69, 9.17) is 14.2 Å². The molecule has 7 heteroatoms. The number of hydrogen-bond donors (Lipinski definition) is 0. The Balaban J connectivity index is 1.58. The van der Waals surface area contributed by atoms with Crippen LogP contribution in [-0.4, -0.2) is 46.9 Å². The van der Waals surface area contributed by atoms with Crippen molar-refractivity contribution in [3.63, 3.8) is 0 Å². The second kappa shape index (κ2) is 6.76. The van der Waals surface area contributed by atoms with Crippen LogP contribution in [0, 0.1) is 5.92 Å². The number of rotatable bonds is 4. The van der Waals surface area contributed by atoms with Gasteiger partial charge >= 0.3 is 0 Å². The lowest BCUT2D eigenvalue weighted by molar-refractivity contribution is 0.0619. The predicted octanol–water partition coefficient (Wildman–Crippen LogP) is 1.92. The van der Waals surface area contributed by atoms with Gasteiger partial charge in [-0.05, 0) is 25.1 Å². The molecule has 25 heavy (non-hydrogen) atoms. The third kappa shape index (κ3) is 3.19. The lowest BCUT2D eigenvalue weighted by atomic mass is 10.1. The van der Waals surface area contributed by atoms with Crippen molar-refractivity contribution in [2.24, 2.45) is 5.92 Å². The molecule has 1 aromatic carbocycles. The number of imidazole rings is 1. The highest BCUT2D eigenvalue weighted by molar-refractivity contribution is 5.95. The van der Waals surface area contributed by atoms with Gasteiger partial charge in [0, 0.05) is 37.4 Å². The van der Waals surface area contributed by atoms with E-state index >= 15 is 0 Å². The smallest absolute Gasteiger partial charge is 0.254 e. The fraction of sp³-hybridized carbons (Fsp3) is 0.444. The van der Waals surface area contributed by atoms with Gasteiger partial charge in [0.25, 0.3) is 5.91 Å². The van der Waals surface area contributed by atoms with Crippen LogP contribution >= 0.6 is 0 Å². The van der Waals surface area contributed by atoms with Crippen molar-refractivity contribution in [1.82, 2.24) is 14.5 Å². The third-order valence-corrected chi connectivity index (χ3v) is 4.55. The van der Waals surface area contributed by atoms with Crippen molar-refractivity contribution in [2.75, 3.05) is 26.6 Å². The molecule has 1 atom stereocenters. The van der Waals surface area contributed by atoms with Gasteiger partial charge in [-0.3, -0.25) is 4.79 Å². The van der Waals surface area contributed by atoms with E-state index in [1.54, 1.807) is 18.2 Å². The molecule has 0 fully saturated rings. The zero-order valence-corrected chi connectivity index (χ0v) is 14.2. The van der Waals surface area contributed by atoms with E-state index in [0.29, 0.717) is 43.4 Å². The average molecular weight is 343 g/mol. The van der Waals surface area contributed by atoms with Crippen molar-refractivity contribution in [2.45, 2.75) is 20.0 Å². The summed E-state index contributed by atoms with van der Waals surface area (Å²) in [4.78, 5) is 19.1. The van der Waals surface area contributed by atoms with Crippen LogP contribution in [0.5, 0.6) is 11.5 Å². The predicted molar refractivity (Wildman–Crippen MR) is 89.5 cm³/mol. The van der Waals surface area contributed by atoms with Crippen LogP contribution in [0.25, 0.3) is 0 Å². The minimum Gasteiger partial charge on any atom is -0.454 e. The Bertz CT molecular complexity index is 773. The van der Waals surface area contributed by atoms with Crippen molar-refractivity contribution >= 4 is 5.91 Å². The molecular weight excluding hydrogens is 322 g/mol. The van der Waals surface area contributed by atoms with Gasteiger partial charge in [-0.15, -0.1) is 0 Å². The molecule has 0 unspecified atom stereocenters. The van der Waals surface area contributed by atoms with E-state index < -0.39 is 0 Å². The van der Waals surface area contributed by atoms with E-state index in [1.165, 1.54) is 0 Å². The SMILES string of the molecule is CCOC[C@@H]1CN(C(=O)c2ccc3c(c2)OCO3)Cc2cncn2C1. The first-order valence-electron chi connectivity index (χ1n) is 8.50. The van der Waals surface area contributed by atoms with Crippen molar-refractivity contribution in [3.05, 3.63) is 42.0 Å². The number of nitrogens with zero attached hydrogens (tertiary/aromatic N) is 3. The maximum Gasteiger partial charge on any atom is 0.254 e. The summed E-state index contributed by atoms with van der Waals surface area (Å²) in [6, 6.07) is 5.33. The number of benzene rings is 1. The van der Waals surface area contributed by atoms with Crippen LogP contribution < -0.4 is 9.47 Å². The average Bonchev–Trinajstić information content (AvgIpc) is 3.23. The highest BCUT2D eigenvalue weighted by Crippen LogP contribution is 2.33. The summed E-state index contributed by atoms with van der Waals surface area (Å²) in [6.07, 6.45) is 3.64. The highest BCUT2D eigenvalue weighted by Gasteiger charge is 2.27. The number of carbonyl (C=O) groups excluding carboxylic acids is 1. The van der Waals surface area contributed by atoms with Crippen LogP contribution in [0.4, 0.5) is 0 Å². The second-order valence-corrected chi connectivity index (χ2v) is 6.32. The number of ether oxygens (including phenoxy) is 3. The first kappa shape index (κ1) is 16.0. The normalized spacial score (nSPS) is 18.8. The molecule has 0 radical (unpaired) electrons. The Labute approximate surface area is 146 Å². The molecule has 1 amide bonds. The molecule has 0 saturated carbocycles. The van der Waals surface area contributed by atoms with Gasteiger partial charge in [-0.25, -0.2) is 4.98 Å². The van der Waals surface area contributed by atoms with E-state index in [9.17, 15) is 4.79 Å². The minimum atomic E-state index is -0.0190. The fourth-order valence-corrected chi connectivity index (χ4v) is 3.31. The van der Waals surface area contributed by atoms with Gasteiger partial charge in [0.1, 0.15) is 0 Å². The summed E-state index contributed by atoms with van der Waals surface area (Å²) in [5, 5.41) is 0. The third-order valence-electron chi connectivity index (χ3n) is 4.55. The Morgan fingerprint density at radius 3 is 3.08 bits per heavy atom. The summed E-state index contributed by atoms with van der Waals surface area (Å²) in [7, 11) is 0. The number of aromatic nitrogens is 2. The first-order chi connectivity index (χ1) is 12.2. The highest BCUT2D eigenvalue weighted by atomic mass is 16.7. The van der Waals surface area contributed by atoms with E-state index in [0.717, 1.165) is 12.2 Å². The molecule has 4 rings (SSSR count). The van der Waals surface area contributed by atoms with Crippen LogP contribution in [0.3, 0.4) is 0 Å². The maximum atomic E-state index is 13.1. The molecule has 0 bridgehead atoms. The van der Waals surface area contributed by atoms with Gasteiger partial charge in [-0.2, -0.15) is 0 Å². The first-order valence-corrected chi connectivity index (χ1v) is 8.50. The van der Waals surface area contributed by atoms with E-state index in [2.05, 4.69) is 9.55 Å². The van der Waals surface area contributed by atoms with Crippen LogP contribution in [0.15, 0.2) is 30.7 Å². The van der Waals surface area contributed by atoms with E-state index in [-0.39, 0.29) is 18.6 Å². The van der Waals surface area contributed by atoms with Crippen molar-refractivity contribution in [3.8, 4) is 11.5 Å². The summed E-state index contributed by atoms with van der Waals surface area (Å²) in [6.45, 7) is 5.47. The van der Waals surface area contributed by atoms with Gasteiger partial charge in [-0.1, -0.05) is 0 Å². The van der Waals surface area contributed by atoms with Crippen LogP contribution in [0.1, 0.15) is 23.0 Å². The topological polar surface area (TPSA) is 65.8 Å². The van der Waals surface area contributed by atoms with Crippen molar-refractivity contribution in [1.29, 1.82) is 0 Å². The Hall–Kier alpha value is -2.54. The molecule has 0 aliphatic carbocycles. The van der Waals surface area contributed by atoms with Crippen LogP contribution in [0.2, 0.25) is 0 Å². The monoisotopic (exact) mass is 343 g/mol. The van der Waals surface area contributed by atoms with Gasteiger partial charge in [0.15, 0.2) is 11.5 Å². The molecule has 2 aromatic rings. The molecule has 2 aliphatic rings. The van der Waals surface area contributed by atoms with Gasteiger partial charge in [0.2, 0.25) is 6.79 Å². The molecule has 0 N–H and O–H groups in total. The maximum absolute atomic E-state index is 13.1. The number of carbonyl (C=O) groups is 1. The molecule has 2 aliphatic heterocycles. The lowest BCUT2D eigenvalue weighted by Gasteiger charge is -2.24. The summed E-state index contributed by atoms with van der Waals surface area (Å²) >= 11 is 0. The Kier molecular flexibility index (Phi) is 4.31. The van der Waals surface area contributed by atoms with Gasteiger partial charge < -0.3 is 23.7 Å². The summed E-state index contributed by atoms with van der Waals surface area (Å²) in [5.74, 6) is 1.51. The number of amides is 1. The van der Waals surface area contributed by atoms with Crippen LogP contribution in [-0.2, 0) is 17.8 Å². The quantitative estimate of drug-likeness (QED) is 0.849. The zero-order chi connectivity index (χ0) is 17.2. The number of hydrogen-bond acceptors (Lipinski definition) is 5. The standard InChI is InChI=1S/C18H21N3O4/c1-2-23-10-13-7-20(9-15-6-19-11-21(15)8-13)18(22)14-3-4-16-17(5-14)25-12-24-16/h3-6,11,13H,2,7-10,12H2,1H3/t13-/m1/s1. The summed E-state index contributed by atoms with van der Waals surface area (Å²) in [5.41, 5.74) is 1.64. The Morgan fingerprint density at radius 2 is 2.20 bits per heavy atom. The molecule has 7 nitrogen and oxygen atoms in total. The lowest BCUT2D eigenvalue weighted by Crippen LogP contribution is -2.35. The second-order valence-electron chi connectivity index (χ2n) is 6.32. The minimum absolute atomic E-state index is 0.0190. The zero-order valence-electron chi connectivity index (χ0n) is 14.2. The molecule has 132 valence electrons. The molecule has 1 aromatic heterocycles. The van der Waals surface area contributed by atoms with E-state index in [1.807, 2.05) is 24.3 Å². The summed E-state index contributed by atoms with van der Waals surface area (Å²) < 4.78 is 18.4. The fourth-order valence-electron chi connectivity index (χ4n) is 3.31. The number of fused-ring (bicyclic) bond motifs is 2. The molecular formula is C18H21N3O4. The molecule has 0 saturated heterocycles. The molecule has 0 spiro atoms. The largest absolute Gasteiger partial charge is 0.454 e. The molecule has 3 heterocycles. The Morgan fingerprint density at radius 1 is 1.32 bits per heavy atom. The van der Waals surface area contributed by atoms with Gasteiger partial charge in [0.05, 0.1) is 25.2 Å². The van der Waals surface area contributed by atoms with Crippen molar-refractivity contribution < 1.29 is 19.0 Å².